The second kappa shape index (κ2) is 34.3. The number of fused-ring (bicyclic) bond motifs is 6. The molecule has 0 saturated heterocycles. The van der Waals surface area contributed by atoms with Gasteiger partial charge in [-0.15, -0.1) is 0 Å². The van der Waals surface area contributed by atoms with Gasteiger partial charge >= 0.3 is 23.6 Å². The summed E-state index contributed by atoms with van der Waals surface area (Å²) in [6.45, 7) is 29.1. The molecule has 6 N–H and O–H groups in total. The minimum atomic E-state index is -0.782. The molecule has 3 saturated carbocycles. The van der Waals surface area contributed by atoms with Gasteiger partial charge in [-0.2, -0.15) is 4.98 Å². The van der Waals surface area contributed by atoms with Gasteiger partial charge in [-0.05, 0) is 216 Å². The van der Waals surface area contributed by atoms with E-state index in [2.05, 4.69) is 112 Å². The highest BCUT2D eigenvalue weighted by atomic mass is 16.6. The number of carboxylic acid groups (broad SMARTS) is 1. The maximum atomic E-state index is 12.7. The number of carboxylic acids is 1. The van der Waals surface area contributed by atoms with Crippen molar-refractivity contribution < 1.29 is 29.0 Å². The molecule has 0 atom stereocenters. The number of carbonyl (C=O) groups is 3. The monoisotopic (exact) mass is 1410 g/mol. The van der Waals surface area contributed by atoms with Crippen molar-refractivity contribution in [1.29, 1.82) is 0 Å². The number of benzene rings is 3. The lowest BCUT2D eigenvalue weighted by molar-refractivity contribution is -0.156. The van der Waals surface area contributed by atoms with E-state index in [0.717, 1.165) is 147 Å². The van der Waals surface area contributed by atoms with Crippen molar-refractivity contribution in [3.63, 3.8) is 0 Å². The summed E-state index contributed by atoms with van der Waals surface area (Å²) in [4.78, 5) is 123. The van der Waals surface area contributed by atoms with Crippen LogP contribution >= 0.6 is 0 Å². The predicted octanol–water partition coefficient (Wildman–Crippen LogP) is 12.4. The van der Waals surface area contributed by atoms with Crippen molar-refractivity contribution in [2.24, 2.45) is 21.8 Å². The third-order valence-electron chi connectivity index (χ3n) is 19.6. The first kappa shape index (κ1) is 76.3. The van der Waals surface area contributed by atoms with Crippen LogP contribution in [0.15, 0.2) is 65.6 Å². The summed E-state index contributed by atoms with van der Waals surface area (Å²) in [6, 6.07) is 12.6. The molecule has 103 heavy (non-hydrogen) atoms. The minimum absolute atomic E-state index is 0.141. The molecule has 0 amide bonds. The van der Waals surface area contributed by atoms with Gasteiger partial charge in [0.2, 0.25) is 0 Å². The Labute approximate surface area is 601 Å². The molecule has 3 aliphatic carbocycles. The number of hydrogen-bond donors (Lipinski definition) is 6. The number of aromatic amines is 3. The maximum Gasteiger partial charge on any atom is 0.349 e. The third-order valence-corrected chi connectivity index (χ3v) is 19.6. The molecule has 3 aromatic carbocycles. The summed E-state index contributed by atoms with van der Waals surface area (Å²) in [6.07, 6.45) is 24.1. The predicted molar refractivity (Wildman–Crippen MR) is 405 cm³/mol. The molecular weight excluding hydrogens is 1300 g/mol. The van der Waals surface area contributed by atoms with Gasteiger partial charge in [0.25, 0.3) is 16.7 Å². The Kier molecular flexibility index (Phi) is 25.4. The van der Waals surface area contributed by atoms with Crippen LogP contribution in [0.5, 0.6) is 0 Å². The van der Waals surface area contributed by atoms with Crippen LogP contribution in [0, 0.1) is 32.6 Å². The van der Waals surface area contributed by atoms with E-state index in [-0.39, 0.29) is 41.0 Å². The first-order chi connectivity index (χ1) is 49.1. The van der Waals surface area contributed by atoms with E-state index in [9.17, 15) is 33.6 Å². The normalized spacial score (nSPS) is 14.8. The van der Waals surface area contributed by atoms with Gasteiger partial charge in [-0.25, -0.2) is 29.7 Å². The number of nitrogens with one attached hydrogen (secondary N) is 5. The van der Waals surface area contributed by atoms with Crippen LogP contribution in [-0.2, 0) is 30.4 Å². The van der Waals surface area contributed by atoms with Gasteiger partial charge in [0.1, 0.15) is 22.2 Å². The molecule has 7 aliphatic rings. The largest absolute Gasteiger partial charge is 0.481 e. The van der Waals surface area contributed by atoms with Crippen molar-refractivity contribution in [3.05, 3.63) is 122 Å². The highest BCUT2D eigenvalue weighted by Crippen LogP contribution is 2.47. The average molecular weight is 1410 g/mol. The van der Waals surface area contributed by atoms with Gasteiger partial charge < -0.3 is 49.5 Å². The van der Waals surface area contributed by atoms with Crippen LogP contribution in [0.1, 0.15) is 230 Å². The summed E-state index contributed by atoms with van der Waals surface area (Å²) in [7, 11) is 0. The summed E-state index contributed by atoms with van der Waals surface area (Å²) in [5, 5.41) is 16.7. The van der Waals surface area contributed by atoms with Crippen LogP contribution in [0.4, 0.5) is 45.8 Å². The zero-order chi connectivity index (χ0) is 73.7. The quantitative estimate of drug-likeness (QED) is 0.0151. The first-order valence-corrected chi connectivity index (χ1v) is 37.4. The van der Waals surface area contributed by atoms with Crippen LogP contribution < -0.4 is 64.5 Å². The summed E-state index contributed by atoms with van der Waals surface area (Å²) >= 11 is 0. The van der Waals surface area contributed by atoms with E-state index in [4.69, 9.17) is 19.6 Å². The molecule has 5 aromatic rings. The molecule has 0 bridgehead atoms. The molecule has 12 rings (SSSR count). The number of unbranched alkanes of at least 4 members (excludes halogenated alkanes) is 9. The number of nitrogens with zero attached hydrogens (tertiary/aromatic N) is 9. The fraction of sp³-hybridized carbons (Fsp3) is 0.557. The van der Waals surface area contributed by atoms with E-state index in [1.54, 1.807) is 0 Å². The van der Waals surface area contributed by atoms with Crippen LogP contribution in [0.25, 0.3) is 35.7 Å². The van der Waals surface area contributed by atoms with Crippen molar-refractivity contribution >= 4 is 87.9 Å². The maximum absolute atomic E-state index is 12.7. The van der Waals surface area contributed by atoms with E-state index in [1.807, 2.05) is 65.2 Å². The van der Waals surface area contributed by atoms with Crippen LogP contribution in [0.3, 0.4) is 0 Å². The summed E-state index contributed by atoms with van der Waals surface area (Å²) in [5.74, 6) is 2.40. The molecule has 24 heteroatoms. The Balaban J connectivity index is 0.000000166. The van der Waals surface area contributed by atoms with Crippen molar-refractivity contribution in [1.82, 2.24) is 39.5 Å². The molecule has 2 aromatic heterocycles. The molecular formula is C79H106N14O10. The first-order valence-electron chi connectivity index (χ1n) is 37.4. The molecule has 0 unspecified atom stereocenters. The number of hydrogen-bond acceptors (Lipinski definition) is 19. The molecule has 0 spiro atoms. The van der Waals surface area contributed by atoms with E-state index in [1.165, 1.54) is 75.3 Å². The van der Waals surface area contributed by atoms with E-state index >= 15 is 0 Å². The Morgan fingerprint density at radius 3 is 1.49 bits per heavy atom. The zero-order valence-electron chi connectivity index (χ0n) is 62.0. The van der Waals surface area contributed by atoms with Gasteiger partial charge in [-0.1, -0.05) is 77.4 Å². The Morgan fingerprint density at radius 2 is 0.990 bits per heavy atom. The summed E-state index contributed by atoms with van der Waals surface area (Å²) in [5.41, 5.74) is 10.2. The number of H-pyrrole nitrogens is 3. The number of carbonyl (C=O) groups excluding carboxylic acids is 2. The van der Waals surface area contributed by atoms with E-state index < -0.39 is 28.4 Å². The minimum Gasteiger partial charge on any atom is -0.481 e. The molecule has 6 heterocycles. The number of aliphatic carboxylic acids is 1. The molecule has 24 nitrogen and oxygen atoms in total. The number of aryl methyl sites for hydroxylation is 4. The number of ether oxygens (including phenoxy) is 2. The van der Waals surface area contributed by atoms with Crippen LogP contribution in [0.2, 0.25) is 0 Å². The second-order valence-electron chi connectivity index (χ2n) is 30.6. The van der Waals surface area contributed by atoms with E-state index in [0.29, 0.717) is 83.0 Å². The van der Waals surface area contributed by atoms with Crippen molar-refractivity contribution in [3.8, 4) is 11.5 Å². The Bertz CT molecular complexity index is 4670. The molecule has 3 fully saturated rings. The van der Waals surface area contributed by atoms with Crippen molar-refractivity contribution in [2.45, 2.75) is 246 Å². The van der Waals surface area contributed by atoms with Gasteiger partial charge in [-0.3, -0.25) is 33.8 Å². The number of anilines is 6. The average Bonchev–Trinajstić information content (AvgIpc) is 1.58. The van der Waals surface area contributed by atoms with Gasteiger partial charge in [0.05, 0.1) is 33.8 Å². The Hall–Kier alpha value is -9.35. The lowest BCUT2D eigenvalue weighted by Gasteiger charge is -2.29. The highest BCUT2D eigenvalue weighted by molar-refractivity contribution is 5.85. The highest BCUT2D eigenvalue weighted by Gasteiger charge is 2.31. The van der Waals surface area contributed by atoms with Crippen molar-refractivity contribution in [2.75, 3.05) is 46.6 Å². The fourth-order valence-electron chi connectivity index (χ4n) is 14.3. The fourth-order valence-corrected chi connectivity index (χ4v) is 14.3. The van der Waals surface area contributed by atoms with Crippen LogP contribution in [-0.4, -0.2) is 99.9 Å². The van der Waals surface area contributed by atoms with Gasteiger partial charge in [0.15, 0.2) is 33.9 Å². The van der Waals surface area contributed by atoms with Gasteiger partial charge in [0, 0.05) is 63.4 Å². The molecule has 4 aliphatic heterocycles. The number of aromatic nitrogens is 8. The SMILES string of the molecule is C=c1nc2c(c(=O)[nH]1)=Nc1cc(C)c(C3CC3)cc1N2CCCCCCC(=O)OC(C)(C)C.C=c1nc2c(c(=O)[nH]1)=Nc1cc(C)c(NCC3CCCC3)cc1N2CCCCCCC(=O)OC(C)(C)C.Cc1cc2nc3c(=O)[nH]c(=O)nc-3n(CCCCCCC(=O)O)c2cc1NCC1CCCC1. The summed E-state index contributed by atoms with van der Waals surface area (Å²) < 4.78 is 12.7. The lowest BCUT2D eigenvalue weighted by Crippen LogP contribution is -2.42. The zero-order valence-corrected chi connectivity index (χ0v) is 62.0. The second-order valence-corrected chi connectivity index (χ2v) is 30.6. The topological polar surface area (TPSA) is 317 Å². The number of rotatable bonds is 28. The molecule has 0 radical (unpaired) electrons. The molecule has 552 valence electrons. The number of esters is 2. The third kappa shape index (κ3) is 20.9. The standard InChI is InChI=1S/C29H41N5O3.C26H34N4O3.C24H31N5O4/c1-19-16-23-24(17-22(19)30-18-21-12-9-10-13-21)34(27-26(33-23)28(36)32-20(2)31-27)15-11-7-6-8-14-25(35)37-29(3,4)5;1-16-14-20-21(15-19(16)18-11-12-18)30(24-23(29-20)25(32)28-17(2)27-24)13-9-7-6-8-10-22(31)33-26(3,4)5;1-15-12-18-19(13-17(15)25-14-16-8-5-6-9-16)29(11-7-3-2-4-10-20(30)31)22-21(26-18)23(32)28-24(33)27-22/h16-17,21,30H,2,6-15,18H2,1,3-5H3,(H,32,36);14-15,18H,2,6-13H2,1,3-5H3,(H,28,32);12-13,16,25H,2-11,14H2,1H3,(H,30,31)(H,28,32,33). The Morgan fingerprint density at radius 1 is 0.534 bits per heavy atom. The smallest absolute Gasteiger partial charge is 0.349 e. The lowest BCUT2D eigenvalue weighted by atomic mass is 10.0.